The van der Waals surface area contributed by atoms with E-state index in [1.54, 1.807) is 0 Å². The van der Waals surface area contributed by atoms with E-state index in [0.717, 1.165) is 16.8 Å². The van der Waals surface area contributed by atoms with Gasteiger partial charge in [0.2, 0.25) is 0 Å². The van der Waals surface area contributed by atoms with Crippen molar-refractivity contribution < 1.29 is 5.11 Å². The highest BCUT2D eigenvalue weighted by molar-refractivity contribution is 5.59. The summed E-state index contributed by atoms with van der Waals surface area (Å²) in [5.74, 6) is 0.354. The number of rotatable bonds is 3. The Labute approximate surface area is 121 Å². The Hall–Kier alpha value is -1.96. The largest absolute Gasteiger partial charge is 0.508 e. The van der Waals surface area contributed by atoms with Gasteiger partial charge in [-0.1, -0.05) is 29.8 Å². The molecule has 0 amide bonds. The van der Waals surface area contributed by atoms with Crippen molar-refractivity contribution in [2.75, 3.05) is 5.32 Å². The summed E-state index contributed by atoms with van der Waals surface area (Å²) in [7, 11) is 0. The van der Waals surface area contributed by atoms with Crippen LogP contribution in [-0.4, -0.2) is 5.11 Å². The maximum absolute atomic E-state index is 10.1. The highest BCUT2D eigenvalue weighted by Crippen LogP contribution is 2.30. The van der Waals surface area contributed by atoms with E-state index in [-0.39, 0.29) is 6.04 Å². The molecule has 0 aliphatic rings. The lowest BCUT2D eigenvalue weighted by Crippen LogP contribution is -2.09. The molecule has 0 aromatic heterocycles. The van der Waals surface area contributed by atoms with Gasteiger partial charge in [-0.3, -0.25) is 0 Å². The van der Waals surface area contributed by atoms with Crippen LogP contribution in [-0.2, 0) is 0 Å². The van der Waals surface area contributed by atoms with Crippen LogP contribution in [0.5, 0.6) is 5.75 Å². The van der Waals surface area contributed by atoms with Gasteiger partial charge in [0, 0.05) is 11.3 Å². The molecule has 2 aromatic rings. The fourth-order valence-electron chi connectivity index (χ4n) is 2.72. The summed E-state index contributed by atoms with van der Waals surface area (Å²) in [6.07, 6.45) is 0. The van der Waals surface area contributed by atoms with Crippen LogP contribution in [0.1, 0.15) is 40.8 Å². The summed E-state index contributed by atoms with van der Waals surface area (Å²) < 4.78 is 0. The summed E-state index contributed by atoms with van der Waals surface area (Å²) in [5, 5.41) is 13.6. The number of anilines is 1. The van der Waals surface area contributed by atoms with E-state index in [1.807, 2.05) is 25.1 Å². The molecule has 0 aliphatic carbocycles. The first-order chi connectivity index (χ1) is 9.38. The molecular weight excluding hydrogens is 246 g/mol. The van der Waals surface area contributed by atoms with Gasteiger partial charge >= 0.3 is 0 Å². The molecule has 2 nitrogen and oxygen atoms in total. The molecule has 1 unspecified atom stereocenters. The predicted molar refractivity (Wildman–Crippen MR) is 85.5 cm³/mol. The van der Waals surface area contributed by atoms with Gasteiger partial charge in [-0.2, -0.15) is 0 Å². The van der Waals surface area contributed by atoms with Gasteiger partial charge in [0.15, 0.2) is 0 Å². The van der Waals surface area contributed by atoms with Crippen molar-refractivity contribution in [1.29, 1.82) is 0 Å². The fraction of sp³-hybridized carbons (Fsp3) is 0.333. The highest BCUT2D eigenvalue weighted by atomic mass is 16.3. The Bertz CT molecular complexity index is 608. The second-order valence-corrected chi connectivity index (χ2v) is 5.70. The highest BCUT2D eigenvalue weighted by Gasteiger charge is 2.12. The Kier molecular flexibility index (Phi) is 4.03. The third kappa shape index (κ3) is 2.96. The molecule has 0 saturated carbocycles. The molecule has 106 valence electrons. The number of phenolic OH excluding ortho intramolecular Hbond substituents is 1. The van der Waals surface area contributed by atoms with Crippen molar-refractivity contribution >= 4 is 5.69 Å². The number of benzene rings is 2. The van der Waals surface area contributed by atoms with E-state index in [2.05, 4.69) is 45.1 Å². The van der Waals surface area contributed by atoms with Gasteiger partial charge in [-0.05, 0) is 57.4 Å². The smallest absolute Gasteiger partial charge is 0.121 e. The van der Waals surface area contributed by atoms with Crippen molar-refractivity contribution in [2.45, 2.75) is 40.7 Å². The Balaban J connectivity index is 2.30. The maximum Gasteiger partial charge on any atom is 0.121 e. The molecule has 0 fully saturated rings. The van der Waals surface area contributed by atoms with E-state index in [0.29, 0.717) is 5.75 Å². The first kappa shape index (κ1) is 14.4. The number of nitrogens with one attached hydrogen (secondary N) is 1. The fourth-order valence-corrected chi connectivity index (χ4v) is 2.72. The summed E-state index contributed by atoms with van der Waals surface area (Å²) in [4.78, 5) is 0. The van der Waals surface area contributed by atoms with Crippen LogP contribution >= 0.6 is 0 Å². The third-order valence-electron chi connectivity index (χ3n) is 3.69. The molecular formula is C18H23NO. The average molecular weight is 269 g/mol. The molecule has 20 heavy (non-hydrogen) atoms. The zero-order chi connectivity index (χ0) is 14.9. The molecule has 2 aromatic carbocycles. The maximum atomic E-state index is 10.1. The van der Waals surface area contributed by atoms with Crippen LogP contribution in [0.25, 0.3) is 0 Å². The molecule has 0 saturated heterocycles. The summed E-state index contributed by atoms with van der Waals surface area (Å²) in [5.41, 5.74) is 6.90. The van der Waals surface area contributed by atoms with E-state index in [4.69, 9.17) is 0 Å². The van der Waals surface area contributed by atoms with Gasteiger partial charge in [-0.15, -0.1) is 0 Å². The second kappa shape index (κ2) is 5.58. The first-order valence-corrected chi connectivity index (χ1v) is 7.02. The van der Waals surface area contributed by atoms with Crippen molar-refractivity contribution in [2.24, 2.45) is 0 Å². The summed E-state index contributed by atoms with van der Waals surface area (Å²) in [6, 6.07) is 10.2. The number of aryl methyl sites for hydroxylation is 4. The number of hydrogen-bond acceptors (Lipinski definition) is 2. The molecule has 0 heterocycles. The van der Waals surface area contributed by atoms with Crippen LogP contribution in [0.3, 0.4) is 0 Å². The minimum Gasteiger partial charge on any atom is -0.508 e. The molecule has 0 aliphatic heterocycles. The van der Waals surface area contributed by atoms with Crippen molar-refractivity contribution in [3.63, 3.8) is 0 Å². The van der Waals surface area contributed by atoms with Crippen LogP contribution in [0, 0.1) is 27.7 Å². The Morgan fingerprint density at radius 3 is 2.05 bits per heavy atom. The van der Waals surface area contributed by atoms with Crippen LogP contribution in [0.2, 0.25) is 0 Å². The first-order valence-electron chi connectivity index (χ1n) is 7.02. The zero-order valence-electron chi connectivity index (χ0n) is 12.9. The normalized spacial score (nSPS) is 12.2. The van der Waals surface area contributed by atoms with Gasteiger partial charge in [0.1, 0.15) is 5.75 Å². The molecule has 2 N–H and O–H groups in total. The molecule has 1 atom stereocenters. The quantitative estimate of drug-likeness (QED) is 0.839. The molecule has 0 spiro atoms. The zero-order valence-corrected chi connectivity index (χ0v) is 12.9. The molecule has 2 rings (SSSR count). The SMILES string of the molecule is Cc1cc(C)c(NC(C)c2ccc(C)cc2O)c(C)c1. The molecule has 0 bridgehead atoms. The van der Waals surface area contributed by atoms with E-state index in [9.17, 15) is 5.11 Å². The second-order valence-electron chi connectivity index (χ2n) is 5.70. The lowest BCUT2D eigenvalue weighted by Gasteiger charge is -2.21. The number of aromatic hydroxyl groups is 1. The topological polar surface area (TPSA) is 32.3 Å². The lowest BCUT2D eigenvalue weighted by atomic mass is 10.0. The van der Waals surface area contributed by atoms with E-state index in [1.165, 1.54) is 16.7 Å². The average Bonchev–Trinajstić information content (AvgIpc) is 2.33. The van der Waals surface area contributed by atoms with E-state index < -0.39 is 0 Å². The Morgan fingerprint density at radius 2 is 1.50 bits per heavy atom. The number of phenols is 1. The number of hydrogen-bond donors (Lipinski definition) is 2. The monoisotopic (exact) mass is 269 g/mol. The Morgan fingerprint density at radius 1 is 0.900 bits per heavy atom. The van der Waals surface area contributed by atoms with Gasteiger partial charge < -0.3 is 10.4 Å². The van der Waals surface area contributed by atoms with Crippen molar-refractivity contribution in [1.82, 2.24) is 0 Å². The predicted octanol–water partition coefficient (Wildman–Crippen LogP) is 4.80. The molecule has 2 heteroatoms. The molecule has 0 radical (unpaired) electrons. The standard InChI is InChI=1S/C18H23NO/c1-11-6-7-16(17(20)10-11)15(5)19-18-13(3)8-12(2)9-14(18)4/h6-10,15,19-20H,1-5H3. The van der Waals surface area contributed by atoms with Crippen LogP contribution in [0.4, 0.5) is 5.69 Å². The van der Waals surface area contributed by atoms with Crippen molar-refractivity contribution in [3.8, 4) is 5.75 Å². The van der Waals surface area contributed by atoms with Gasteiger partial charge in [0.25, 0.3) is 0 Å². The summed E-state index contributed by atoms with van der Waals surface area (Å²) in [6.45, 7) is 10.4. The minimum absolute atomic E-state index is 0.0655. The van der Waals surface area contributed by atoms with Gasteiger partial charge in [-0.25, -0.2) is 0 Å². The van der Waals surface area contributed by atoms with Gasteiger partial charge in [0.05, 0.1) is 6.04 Å². The summed E-state index contributed by atoms with van der Waals surface area (Å²) >= 11 is 0. The third-order valence-corrected chi connectivity index (χ3v) is 3.69. The van der Waals surface area contributed by atoms with Crippen LogP contribution in [0.15, 0.2) is 30.3 Å². The van der Waals surface area contributed by atoms with E-state index >= 15 is 0 Å². The van der Waals surface area contributed by atoms with Crippen LogP contribution < -0.4 is 5.32 Å². The van der Waals surface area contributed by atoms with Crippen molar-refractivity contribution in [3.05, 3.63) is 58.1 Å². The minimum atomic E-state index is 0.0655. The lowest BCUT2D eigenvalue weighted by molar-refractivity contribution is 0.465.